The molecule has 3 aromatic rings. The van der Waals surface area contributed by atoms with Crippen molar-refractivity contribution in [3.05, 3.63) is 47.7 Å². The van der Waals surface area contributed by atoms with Crippen LogP contribution < -0.4 is 10.1 Å². The number of fused-ring (bicyclic) bond motifs is 2. The molecule has 2 aromatic heterocycles. The quantitative estimate of drug-likeness (QED) is 0.789. The van der Waals surface area contributed by atoms with E-state index in [4.69, 9.17) is 4.74 Å². The zero-order chi connectivity index (χ0) is 17.4. The summed E-state index contributed by atoms with van der Waals surface area (Å²) in [6.07, 6.45) is 3.24. The summed E-state index contributed by atoms with van der Waals surface area (Å²) in [7, 11) is 1.63. The number of aryl methyl sites for hydroxylation is 2. The number of pyridine rings is 1. The van der Waals surface area contributed by atoms with Crippen molar-refractivity contribution in [3.8, 4) is 5.75 Å². The van der Waals surface area contributed by atoms with E-state index in [0.29, 0.717) is 17.8 Å². The standard InChI is InChI=1S/C18H19N5O2/c1-11-15(7-12-3-5-14(25-2)8-16(12)21-11)18(24)22-13-4-6-17-19-10-20-23(17)9-13/h3,5,7-8,10,13H,4,6,9H2,1-2H3,(H,22,24). The lowest BCUT2D eigenvalue weighted by atomic mass is 10.1. The number of hydrogen-bond acceptors (Lipinski definition) is 5. The Bertz CT molecular complexity index is 950. The minimum Gasteiger partial charge on any atom is -0.497 e. The number of benzene rings is 1. The van der Waals surface area contributed by atoms with Crippen molar-refractivity contribution >= 4 is 16.8 Å². The SMILES string of the molecule is COc1ccc2cc(C(=O)NC3CCc4ncnn4C3)c(C)nc2c1. The molecule has 0 aliphatic carbocycles. The normalized spacial score (nSPS) is 16.5. The Morgan fingerprint density at radius 3 is 3.08 bits per heavy atom. The maximum Gasteiger partial charge on any atom is 0.253 e. The van der Waals surface area contributed by atoms with Gasteiger partial charge in [-0.1, -0.05) is 0 Å². The zero-order valence-corrected chi connectivity index (χ0v) is 14.2. The van der Waals surface area contributed by atoms with Crippen LogP contribution in [0.15, 0.2) is 30.6 Å². The molecule has 1 N–H and O–H groups in total. The number of carbonyl (C=O) groups excluding carboxylic acids is 1. The molecule has 1 amide bonds. The molecule has 3 heterocycles. The molecule has 7 heteroatoms. The summed E-state index contributed by atoms with van der Waals surface area (Å²) in [4.78, 5) is 21.5. The van der Waals surface area contributed by atoms with E-state index in [1.807, 2.05) is 35.9 Å². The van der Waals surface area contributed by atoms with Gasteiger partial charge in [-0.15, -0.1) is 0 Å². The number of amides is 1. The molecule has 128 valence electrons. The van der Waals surface area contributed by atoms with Crippen LogP contribution in [0.25, 0.3) is 10.9 Å². The summed E-state index contributed by atoms with van der Waals surface area (Å²) in [6, 6.07) is 7.59. The number of ether oxygens (including phenoxy) is 1. The highest BCUT2D eigenvalue weighted by molar-refractivity contribution is 5.98. The van der Waals surface area contributed by atoms with Gasteiger partial charge >= 0.3 is 0 Å². The first-order valence-corrected chi connectivity index (χ1v) is 8.27. The Labute approximate surface area is 145 Å². The van der Waals surface area contributed by atoms with Gasteiger partial charge in [-0.2, -0.15) is 5.10 Å². The van der Waals surface area contributed by atoms with E-state index in [1.54, 1.807) is 13.4 Å². The second kappa shape index (κ2) is 6.16. The largest absolute Gasteiger partial charge is 0.497 e. The van der Waals surface area contributed by atoms with Gasteiger partial charge in [-0.25, -0.2) is 9.67 Å². The molecule has 1 aromatic carbocycles. The molecule has 0 fully saturated rings. The van der Waals surface area contributed by atoms with E-state index in [1.165, 1.54) is 0 Å². The van der Waals surface area contributed by atoms with E-state index in [2.05, 4.69) is 20.4 Å². The van der Waals surface area contributed by atoms with E-state index in [-0.39, 0.29) is 11.9 Å². The smallest absolute Gasteiger partial charge is 0.253 e. The molecule has 0 radical (unpaired) electrons. The molecular formula is C18H19N5O2. The van der Waals surface area contributed by atoms with Crippen LogP contribution in [0.1, 0.15) is 28.3 Å². The average molecular weight is 337 g/mol. The van der Waals surface area contributed by atoms with Crippen molar-refractivity contribution < 1.29 is 9.53 Å². The number of methoxy groups -OCH3 is 1. The van der Waals surface area contributed by atoms with Crippen molar-refractivity contribution in [1.29, 1.82) is 0 Å². The van der Waals surface area contributed by atoms with Crippen LogP contribution in [-0.4, -0.2) is 38.8 Å². The van der Waals surface area contributed by atoms with Gasteiger partial charge in [0.15, 0.2) is 0 Å². The lowest BCUT2D eigenvalue weighted by Crippen LogP contribution is -2.41. The molecule has 1 unspecified atom stereocenters. The van der Waals surface area contributed by atoms with Crippen molar-refractivity contribution in [1.82, 2.24) is 25.1 Å². The maximum atomic E-state index is 12.7. The highest BCUT2D eigenvalue weighted by Gasteiger charge is 2.22. The minimum absolute atomic E-state index is 0.0488. The number of rotatable bonds is 3. The third-order valence-corrected chi connectivity index (χ3v) is 4.60. The summed E-state index contributed by atoms with van der Waals surface area (Å²) in [6.45, 7) is 2.50. The van der Waals surface area contributed by atoms with Gasteiger partial charge in [-0.3, -0.25) is 9.78 Å². The van der Waals surface area contributed by atoms with Crippen LogP contribution in [0.3, 0.4) is 0 Å². The first kappa shape index (κ1) is 15.6. The van der Waals surface area contributed by atoms with Crippen LogP contribution in [0.2, 0.25) is 0 Å². The molecular weight excluding hydrogens is 318 g/mol. The predicted molar refractivity (Wildman–Crippen MR) is 92.6 cm³/mol. The highest BCUT2D eigenvalue weighted by Crippen LogP contribution is 2.22. The number of carbonyl (C=O) groups is 1. The summed E-state index contributed by atoms with van der Waals surface area (Å²) < 4.78 is 7.08. The second-order valence-corrected chi connectivity index (χ2v) is 6.25. The molecule has 0 saturated heterocycles. The molecule has 0 spiro atoms. The monoisotopic (exact) mass is 337 g/mol. The Morgan fingerprint density at radius 2 is 2.24 bits per heavy atom. The van der Waals surface area contributed by atoms with Crippen molar-refractivity contribution in [2.45, 2.75) is 32.4 Å². The van der Waals surface area contributed by atoms with E-state index >= 15 is 0 Å². The molecule has 0 bridgehead atoms. The molecule has 4 rings (SSSR count). The third kappa shape index (κ3) is 2.93. The highest BCUT2D eigenvalue weighted by atomic mass is 16.5. The van der Waals surface area contributed by atoms with Crippen LogP contribution in [0.4, 0.5) is 0 Å². The van der Waals surface area contributed by atoms with Crippen LogP contribution in [0.5, 0.6) is 5.75 Å². The van der Waals surface area contributed by atoms with Crippen molar-refractivity contribution in [2.24, 2.45) is 0 Å². The lowest BCUT2D eigenvalue weighted by molar-refractivity contribution is 0.0925. The van der Waals surface area contributed by atoms with Crippen molar-refractivity contribution in [3.63, 3.8) is 0 Å². The fourth-order valence-electron chi connectivity index (χ4n) is 3.22. The first-order chi connectivity index (χ1) is 12.1. The first-order valence-electron chi connectivity index (χ1n) is 8.27. The fourth-order valence-corrected chi connectivity index (χ4v) is 3.22. The van der Waals surface area contributed by atoms with Crippen LogP contribution in [0, 0.1) is 6.92 Å². The number of nitrogens with one attached hydrogen (secondary N) is 1. The molecule has 1 aliphatic heterocycles. The Morgan fingerprint density at radius 1 is 1.36 bits per heavy atom. The Hall–Kier alpha value is -2.96. The number of nitrogens with zero attached hydrogens (tertiary/aromatic N) is 4. The maximum absolute atomic E-state index is 12.7. The summed E-state index contributed by atoms with van der Waals surface area (Å²) in [5, 5.41) is 8.21. The van der Waals surface area contributed by atoms with Gasteiger partial charge < -0.3 is 10.1 Å². The Kier molecular flexibility index (Phi) is 3.83. The Balaban J connectivity index is 1.56. The third-order valence-electron chi connectivity index (χ3n) is 4.60. The summed E-state index contributed by atoms with van der Waals surface area (Å²) in [5.41, 5.74) is 2.12. The van der Waals surface area contributed by atoms with E-state index in [9.17, 15) is 4.79 Å². The van der Waals surface area contributed by atoms with Gasteiger partial charge in [0.1, 0.15) is 17.9 Å². The molecule has 7 nitrogen and oxygen atoms in total. The minimum atomic E-state index is -0.101. The summed E-state index contributed by atoms with van der Waals surface area (Å²) >= 11 is 0. The van der Waals surface area contributed by atoms with Gasteiger partial charge in [0.25, 0.3) is 5.91 Å². The van der Waals surface area contributed by atoms with E-state index in [0.717, 1.165) is 35.3 Å². The van der Waals surface area contributed by atoms with Gasteiger partial charge in [0, 0.05) is 23.9 Å². The molecule has 1 aliphatic rings. The van der Waals surface area contributed by atoms with Crippen LogP contribution >= 0.6 is 0 Å². The average Bonchev–Trinajstić information content (AvgIpc) is 3.08. The van der Waals surface area contributed by atoms with Gasteiger partial charge in [-0.05, 0) is 31.5 Å². The van der Waals surface area contributed by atoms with Gasteiger partial charge in [0.2, 0.25) is 0 Å². The van der Waals surface area contributed by atoms with Gasteiger partial charge in [0.05, 0.1) is 30.4 Å². The second-order valence-electron chi connectivity index (χ2n) is 6.25. The summed E-state index contributed by atoms with van der Waals surface area (Å²) in [5.74, 6) is 1.63. The number of hydrogen-bond donors (Lipinski definition) is 1. The molecule has 0 saturated carbocycles. The molecule has 1 atom stereocenters. The van der Waals surface area contributed by atoms with Crippen LogP contribution in [-0.2, 0) is 13.0 Å². The fraction of sp³-hybridized carbons (Fsp3) is 0.333. The predicted octanol–water partition coefficient (Wildman–Crippen LogP) is 1.89. The van der Waals surface area contributed by atoms with Crippen molar-refractivity contribution in [2.75, 3.05) is 7.11 Å². The van der Waals surface area contributed by atoms with E-state index < -0.39 is 0 Å². The molecule has 25 heavy (non-hydrogen) atoms. The zero-order valence-electron chi connectivity index (χ0n) is 14.2. The number of aromatic nitrogens is 4. The topological polar surface area (TPSA) is 81.9 Å². The lowest BCUT2D eigenvalue weighted by Gasteiger charge is -2.23.